The van der Waals surface area contributed by atoms with Crippen molar-refractivity contribution in [1.82, 2.24) is 9.97 Å². The highest BCUT2D eigenvalue weighted by molar-refractivity contribution is 7.23. The van der Waals surface area contributed by atoms with Crippen LogP contribution in [0.5, 0.6) is 17.2 Å². The number of benzene rings is 3. The number of nitrogens with one attached hydrogen (secondary N) is 2. The third kappa shape index (κ3) is 6.20. The fourth-order valence-electron chi connectivity index (χ4n) is 4.80. The van der Waals surface area contributed by atoms with Crippen LogP contribution in [0, 0.1) is 0 Å². The van der Waals surface area contributed by atoms with Crippen LogP contribution in [-0.2, 0) is 4.79 Å². The number of nitrogen functional groups attached to an aromatic ring is 1. The van der Waals surface area contributed by atoms with Gasteiger partial charge in [0.15, 0.2) is 16.6 Å². The van der Waals surface area contributed by atoms with E-state index in [4.69, 9.17) is 24.9 Å². The van der Waals surface area contributed by atoms with Gasteiger partial charge in [0.05, 0.1) is 39.1 Å². The van der Waals surface area contributed by atoms with Crippen LogP contribution in [0.2, 0.25) is 0 Å². The number of nitrogens with two attached hydrogens (primary N) is 1. The Kier molecular flexibility index (Phi) is 8.55. The van der Waals surface area contributed by atoms with Gasteiger partial charge in [0.1, 0.15) is 15.7 Å². The molecule has 0 unspecified atom stereocenters. The van der Waals surface area contributed by atoms with Crippen molar-refractivity contribution in [3.63, 3.8) is 0 Å². The first-order valence-corrected chi connectivity index (χ1v) is 15.6. The Morgan fingerprint density at radius 1 is 0.957 bits per heavy atom. The highest BCUT2D eigenvalue weighted by Crippen LogP contribution is 2.43. The van der Waals surface area contributed by atoms with Gasteiger partial charge in [-0.3, -0.25) is 9.59 Å². The van der Waals surface area contributed by atoms with Crippen LogP contribution in [0.3, 0.4) is 0 Å². The fraction of sp³-hybridized carbons (Fsp3) is 0.156. The minimum absolute atomic E-state index is 0.0949. The molecule has 12 nitrogen and oxygen atoms in total. The van der Waals surface area contributed by atoms with Crippen molar-refractivity contribution in [2.45, 2.75) is 13.3 Å². The lowest BCUT2D eigenvalue weighted by Gasteiger charge is -2.14. The molecule has 6 rings (SSSR count). The Bertz CT molecular complexity index is 1940. The number of aromatic nitrogens is 2. The van der Waals surface area contributed by atoms with Gasteiger partial charge < -0.3 is 30.6 Å². The molecule has 0 spiro atoms. The van der Waals surface area contributed by atoms with Gasteiger partial charge in [-0.15, -0.1) is 11.3 Å². The zero-order valence-electron chi connectivity index (χ0n) is 25.3. The lowest BCUT2D eigenvalue weighted by atomic mass is 10.1. The first-order chi connectivity index (χ1) is 22.3. The maximum atomic E-state index is 13.0. The zero-order valence-corrected chi connectivity index (χ0v) is 26.9. The Hall–Kier alpha value is -5.47. The SMILES string of the molecule is COc1cc(Nc2nc(N)c(-c3nc(-c4cccc(NC(=O)c5ccc(N6N=C(C)CC6=O)cc5)c4)cs3)s2)cc(OC)c1OC. The molecule has 0 bridgehead atoms. The molecular weight excluding hydrogens is 627 g/mol. The number of hydrogen-bond donors (Lipinski definition) is 3. The Balaban J connectivity index is 1.16. The summed E-state index contributed by atoms with van der Waals surface area (Å²) < 4.78 is 16.3. The normalized spacial score (nSPS) is 12.6. The summed E-state index contributed by atoms with van der Waals surface area (Å²) in [6, 6.07) is 17.8. The van der Waals surface area contributed by atoms with Gasteiger partial charge in [-0.25, -0.2) is 15.0 Å². The largest absolute Gasteiger partial charge is 0.493 e. The summed E-state index contributed by atoms with van der Waals surface area (Å²) in [7, 11) is 4.66. The van der Waals surface area contributed by atoms with Gasteiger partial charge in [-0.2, -0.15) is 5.10 Å². The second-order valence-electron chi connectivity index (χ2n) is 10.1. The van der Waals surface area contributed by atoms with Crippen molar-refractivity contribution >= 4 is 68.2 Å². The summed E-state index contributed by atoms with van der Waals surface area (Å²) in [5.74, 6) is 1.49. The molecule has 0 fully saturated rings. The van der Waals surface area contributed by atoms with E-state index in [1.54, 1.807) is 57.7 Å². The number of carbonyl (C=O) groups is 2. The van der Waals surface area contributed by atoms with Gasteiger partial charge in [0.25, 0.3) is 11.8 Å². The van der Waals surface area contributed by atoms with Gasteiger partial charge in [0.2, 0.25) is 5.75 Å². The van der Waals surface area contributed by atoms with Crippen molar-refractivity contribution < 1.29 is 23.8 Å². The molecule has 0 atom stereocenters. The third-order valence-corrected chi connectivity index (χ3v) is 8.95. The quantitative estimate of drug-likeness (QED) is 0.150. The van der Waals surface area contributed by atoms with Crippen molar-refractivity contribution in [3.8, 4) is 38.4 Å². The second-order valence-corrected chi connectivity index (χ2v) is 12.0. The molecule has 46 heavy (non-hydrogen) atoms. The monoisotopic (exact) mass is 655 g/mol. The number of nitrogens with zero attached hydrogens (tertiary/aromatic N) is 4. The van der Waals surface area contributed by atoms with Gasteiger partial charge >= 0.3 is 0 Å². The van der Waals surface area contributed by atoms with Gasteiger partial charge in [-0.05, 0) is 43.3 Å². The molecule has 234 valence electrons. The maximum absolute atomic E-state index is 13.0. The topological polar surface area (TPSA) is 153 Å². The van der Waals surface area contributed by atoms with E-state index >= 15 is 0 Å². The highest BCUT2D eigenvalue weighted by atomic mass is 32.1. The number of methoxy groups -OCH3 is 3. The molecule has 5 aromatic rings. The minimum atomic E-state index is -0.278. The number of carbonyl (C=O) groups excluding carboxylic acids is 2. The Morgan fingerprint density at radius 3 is 2.35 bits per heavy atom. The Morgan fingerprint density at radius 2 is 1.70 bits per heavy atom. The van der Waals surface area contributed by atoms with Crippen LogP contribution in [0.4, 0.5) is 28.0 Å². The number of hydrogen-bond acceptors (Lipinski definition) is 12. The first-order valence-electron chi connectivity index (χ1n) is 13.9. The molecule has 1 aliphatic rings. The summed E-state index contributed by atoms with van der Waals surface area (Å²) in [6.07, 6.45) is 0.297. The Labute approximate surface area is 272 Å². The lowest BCUT2D eigenvalue weighted by molar-refractivity contribution is -0.116. The highest BCUT2D eigenvalue weighted by Gasteiger charge is 2.23. The molecule has 2 amide bonds. The van der Waals surface area contributed by atoms with Gasteiger partial charge in [-0.1, -0.05) is 23.5 Å². The van der Waals surface area contributed by atoms with Crippen LogP contribution < -0.4 is 35.6 Å². The van der Waals surface area contributed by atoms with E-state index in [0.29, 0.717) is 62.3 Å². The molecule has 4 N–H and O–H groups in total. The molecule has 2 aromatic heterocycles. The van der Waals surface area contributed by atoms with E-state index in [-0.39, 0.29) is 11.8 Å². The zero-order chi connectivity index (χ0) is 32.4. The number of rotatable bonds is 10. The number of anilines is 5. The lowest BCUT2D eigenvalue weighted by Crippen LogP contribution is -2.19. The predicted octanol–water partition coefficient (Wildman–Crippen LogP) is 6.65. The second kappa shape index (κ2) is 12.9. The molecular formula is C32H29N7O5S2. The number of amides is 2. The van der Waals surface area contributed by atoms with E-state index < -0.39 is 0 Å². The molecule has 0 saturated carbocycles. The van der Waals surface area contributed by atoms with E-state index in [1.165, 1.54) is 27.7 Å². The molecule has 0 saturated heterocycles. The summed E-state index contributed by atoms with van der Waals surface area (Å²) in [4.78, 5) is 35.2. The molecule has 3 aromatic carbocycles. The van der Waals surface area contributed by atoms with E-state index in [2.05, 4.69) is 20.7 Å². The van der Waals surface area contributed by atoms with Crippen LogP contribution in [0.1, 0.15) is 23.7 Å². The van der Waals surface area contributed by atoms with Crippen molar-refractivity contribution in [2.24, 2.45) is 5.10 Å². The maximum Gasteiger partial charge on any atom is 0.255 e. The fourth-order valence-corrected chi connectivity index (χ4v) is 6.63. The third-order valence-electron chi connectivity index (χ3n) is 6.97. The summed E-state index contributed by atoms with van der Waals surface area (Å²) in [6.45, 7) is 1.81. The van der Waals surface area contributed by atoms with Crippen molar-refractivity contribution in [1.29, 1.82) is 0 Å². The van der Waals surface area contributed by atoms with Crippen LogP contribution >= 0.6 is 22.7 Å². The van der Waals surface area contributed by atoms with Crippen LogP contribution in [0.15, 0.2) is 71.1 Å². The van der Waals surface area contributed by atoms with E-state index in [0.717, 1.165) is 21.8 Å². The summed E-state index contributed by atoms with van der Waals surface area (Å²) >= 11 is 2.82. The van der Waals surface area contributed by atoms with Crippen LogP contribution in [-0.4, -0.2) is 48.8 Å². The molecule has 3 heterocycles. The summed E-state index contributed by atoms with van der Waals surface area (Å²) in [5, 5.41) is 15.0. The first kappa shape index (κ1) is 30.6. The van der Waals surface area contributed by atoms with Gasteiger partial charge in [0, 0.05) is 45.7 Å². The minimum Gasteiger partial charge on any atom is -0.493 e. The molecule has 14 heteroatoms. The van der Waals surface area contributed by atoms with E-state index in [1.807, 2.05) is 36.6 Å². The number of thiazole rings is 2. The smallest absolute Gasteiger partial charge is 0.255 e. The van der Waals surface area contributed by atoms with Crippen LogP contribution in [0.25, 0.3) is 21.1 Å². The molecule has 0 aliphatic carbocycles. The molecule has 1 aliphatic heterocycles. The number of ether oxygens (including phenoxy) is 3. The van der Waals surface area contributed by atoms with Crippen molar-refractivity contribution in [3.05, 3.63) is 71.6 Å². The summed E-state index contributed by atoms with van der Waals surface area (Å²) in [5.41, 5.74) is 11.0. The average molecular weight is 656 g/mol. The number of hydrazone groups is 1. The molecule has 0 radical (unpaired) electrons. The van der Waals surface area contributed by atoms with Crippen molar-refractivity contribution in [2.75, 3.05) is 42.7 Å². The average Bonchev–Trinajstić information content (AvgIpc) is 3.78. The predicted molar refractivity (Wildman–Crippen MR) is 182 cm³/mol. The van der Waals surface area contributed by atoms with E-state index in [9.17, 15) is 9.59 Å². The standard InChI is InChI=1S/C32H29N7O5S2/c1-17-12-26(40)39(38-17)22-10-8-18(9-11-22)30(41)34-20-7-5-6-19(13-20)23-16-45-31(36-23)28-29(33)37-32(46-28)35-21-14-24(42-2)27(44-4)25(15-21)43-3/h5-11,13-16H,12,33H2,1-4H3,(H,34,41)(H,35,37).